The zero-order valence-corrected chi connectivity index (χ0v) is 12.3. The highest BCUT2D eigenvalue weighted by molar-refractivity contribution is 6.63. The maximum Gasteiger partial charge on any atom is 0.222 e. The molecule has 0 spiro atoms. The number of hydrogen-bond donors (Lipinski definition) is 2. The first-order chi connectivity index (χ1) is 9.65. The lowest BCUT2D eigenvalue weighted by Crippen LogP contribution is -2.35. The second kappa shape index (κ2) is 5.68. The number of nitrogens with one attached hydrogen (secondary N) is 2. The van der Waals surface area contributed by atoms with Gasteiger partial charge in [-0.15, -0.1) is 0 Å². The van der Waals surface area contributed by atoms with Crippen molar-refractivity contribution >= 4 is 39.5 Å². The number of aromatic nitrogens is 3. The lowest BCUT2D eigenvalue weighted by molar-refractivity contribution is -0.111. The zero-order valence-electron chi connectivity index (χ0n) is 10.7. The van der Waals surface area contributed by atoms with E-state index in [1.165, 1.54) is 11.9 Å². The average Bonchev–Trinajstić information content (AvgIpc) is 2.77. The number of aromatic amines is 1. The lowest BCUT2D eigenvalue weighted by Gasteiger charge is -2.23. The average molecular weight is 313 g/mol. The first-order valence-corrected chi connectivity index (χ1v) is 7.32. The van der Waals surface area contributed by atoms with Gasteiger partial charge in [0.05, 0.1) is 5.39 Å². The van der Waals surface area contributed by atoms with Crippen molar-refractivity contribution in [2.24, 2.45) is 0 Å². The molecule has 2 heterocycles. The Balaban J connectivity index is 1.77. The predicted octanol–water partition coefficient (Wildman–Crippen LogP) is 2.21. The number of fused-ring (bicyclic) bond motifs is 3. The van der Waals surface area contributed by atoms with E-state index in [2.05, 4.69) is 20.3 Å². The number of aryl methyl sites for hydroxylation is 1. The molecule has 7 heteroatoms. The summed E-state index contributed by atoms with van der Waals surface area (Å²) in [7, 11) is 0. The highest BCUT2D eigenvalue weighted by atomic mass is 35.5. The summed E-state index contributed by atoms with van der Waals surface area (Å²) in [6.07, 6.45) is 4.62. The molecule has 2 aromatic rings. The summed E-state index contributed by atoms with van der Waals surface area (Å²) < 4.78 is 0. The Kier molecular flexibility index (Phi) is 3.92. The van der Waals surface area contributed by atoms with Gasteiger partial charge in [0.25, 0.3) is 0 Å². The summed E-state index contributed by atoms with van der Waals surface area (Å²) in [5, 5.41) is 4.50. The molecule has 1 atom stereocenters. The second-order valence-corrected chi connectivity index (χ2v) is 5.75. The van der Waals surface area contributed by atoms with Crippen molar-refractivity contribution in [2.75, 3.05) is 6.54 Å². The molecule has 3 rings (SSSR count). The van der Waals surface area contributed by atoms with Crippen molar-refractivity contribution < 1.29 is 4.79 Å². The third kappa shape index (κ3) is 2.66. The van der Waals surface area contributed by atoms with E-state index in [1.807, 2.05) is 0 Å². The Labute approximate surface area is 126 Å². The SMILES string of the molecule is O=C(Cl)CCNC1CCc2c([nH]c3ncnc(Cl)c23)C1. The van der Waals surface area contributed by atoms with Crippen molar-refractivity contribution in [3.63, 3.8) is 0 Å². The van der Waals surface area contributed by atoms with Gasteiger partial charge in [0.2, 0.25) is 5.24 Å². The van der Waals surface area contributed by atoms with Crippen LogP contribution in [-0.4, -0.2) is 32.8 Å². The summed E-state index contributed by atoms with van der Waals surface area (Å²) in [4.78, 5) is 22.3. The topological polar surface area (TPSA) is 70.7 Å². The number of carbonyl (C=O) groups excluding carboxylic acids is 1. The summed E-state index contributed by atoms with van der Waals surface area (Å²) >= 11 is 11.5. The normalized spacial score (nSPS) is 18.2. The summed E-state index contributed by atoms with van der Waals surface area (Å²) in [5.41, 5.74) is 3.17. The molecule has 0 bridgehead atoms. The predicted molar refractivity (Wildman–Crippen MR) is 78.2 cm³/mol. The molecule has 0 saturated carbocycles. The Morgan fingerprint density at radius 3 is 3.15 bits per heavy atom. The van der Waals surface area contributed by atoms with Gasteiger partial charge < -0.3 is 10.3 Å². The molecule has 2 N–H and O–H groups in total. The van der Waals surface area contributed by atoms with E-state index in [0.717, 1.165) is 36.0 Å². The smallest absolute Gasteiger partial charge is 0.222 e. The molecule has 0 saturated heterocycles. The fourth-order valence-electron chi connectivity index (χ4n) is 2.76. The number of halogens is 2. The van der Waals surface area contributed by atoms with Gasteiger partial charge in [0.1, 0.15) is 17.1 Å². The van der Waals surface area contributed by atoms with Crippen LogP contribution in [0, 0.1) is 0 Å². The fourth-order valence-corrected chi connectivity index (χ4v) is 3.10. The molecular weight excluding hydrogens is 299 g/mol. The molecule has 20 heavy (non-hydrogen) atoms. The van der Waals surface area contributed by atoms with Crippen LogP contribution in [0.25, 0.3) is 11.0 Å². The van der Waals surface area contributed by atoms with Crippen LogP contribution in [0.15, 0.2) is 6.33 Å². The first kappa shape index (κ1) is 13.8. The van der Waals surface area contributed by atoms with Crippen molar-refractivity contribution in [1.29, 1.82) is 0 Å². The number of nitrogens with zero attached hydrogens (tertiary/aromatic N) is 2. The highest BCUT2D eigenvalue weighted by Gasteiger charge is 2.24. The molecule has 2 aromatic heterocycles. The van der Waals surface area contributed by atoms with Crippen LogP contribution >= 0.6 is 23.2 Å². The molecule has 0 radical (unpaired) electrons. The first-order valence-electron chi connectivity index (χ1n) is 6.57. The third-order valence-corrected chi connectivity index (χ3v) is 4.16. The van der Waals surface area contributed by atoms with Crippen molar-refractivity contribution in [3.8, 4) is 0 Å². The van der Waals surface area contributed by atoms with Gasteiger partial charge in [0, 0.05) is 31.1 Å². The zero-order chi connectivity index (χ0) is 14.1. The standard InChI is InChI=1S/C13H14Cl2N4O/c14-10(20)3-4-16-7-1-2-8-9(5-7)19-13-11(8)12(15)17-6-18-13/h6-7,16H,1-5H2,(H,17,18,19). The molecule has 0 aromatic carbocycles. The van der Waals surface area contributed by atoms with E-state index in [9.17, 15) is 4.79 Å². The maximum absolute atomic E-state index is 10.7. The van der Waals surface area contributed by atoms with Gasteiger partial charge in [-0.25, -0.2) is 9.97 Å². The van der Waals surface area contributed by atoms with Gasteiger partial charge >= 0.3 is 0 Å². The van der Waals surface area contributed by atoms with Gasteiger partial charge in [-0.05, 0) is 30.0 Å². The lowest BCUT2D eigenvalue weighted by atomic mass is 9.92. The van der Waals surface area contributed by atoms with E-state index in [4.69, 9.17) is 23.2 Å². The van der Waals surface area contributed by atoms with Crippen molar-refractivity contribution in [2.45, 2.75) is 31.7 Å². The van der Waals surface area contributed by atoms with Gasteiger partial charge in [-0.3, -0.25) is 4.79 Å². The van der Waals surface area contributed by atoms with Crippen LogP contribution in [0.1, 0.15) is 24.1 Å². The number of hydrogen-bond acceptors (Lipinski definition) is 4. The molecule has 5 nitrogen and oxygen atoms in total. The summed E-state index contributed by atoms with van der Waals surface area (Å²) in [6.45, 7) is 0.614. The largest absolute Gasteiger partial charge is 0.343 e. The van der Waals surface area contributed by atoms with Gasteiger partial charge in [-0.1, -0.05) is 11.6 Å². The Morgan fingerprint density at radius 1 is 1.50 bits per heavy atom. The summed E-state index contributed by atoms with van der Waals surface area (Å²) in [6, 6.07) is 0.346. The minimum Gasteiger partial charge on any atom is -0.343 e. The monoisotopic (exact) mass is 312 g/mol. The molecule has 106 valence electrons. The van der Waals surface area contributed by atoms with E-state index in [1.54, 1.807) is 0 Å². The molecular formula is C13H14Cl2N4O. The van der Waals surface area contributed by atoms with E-state index < -0.39 is 0 Å². The Hall–Kier alpha value is -1.17. The Bertz CT molecular complexity index is 655. The van der Waals surface area contributed by atoms with Crippen LogP contribution in [0.5, 0.6) is 0 Å². The molecule has 1 aliphatic carbocycles. The van der Waals surface area contributed by atoms with Crippen LogP contribution in [0.3, 0.4) is 0 Å². The van der Waals surface area contributed by atoms with E-state index in [0.29, 0.717) is 24.2 Å². The number of rotatable bonds is 4. The second-order valence-electron chi connectivity index (χ2n) is 4.97. The number of H-pyrrole nitrogens is 1. The minimum atomic E-state index is -0.304. The molecule has 0 amide bonds. The van der Waals surface area contributed by atoms with E-state index >= 15 is 0 Å². The third-order valence-electron chi connectivity index (χ3n) is 3.68. The molecule has 1 aliphatic rings. The maximum atomic E-state index is 10.7. The van der Waals surface area contributed by atoms with Crippen LogP contribution in [-0.2, 0) is 17.6 Å². The number of carbonyl (C=O) groups is 1. The molecule has 1 unspecified atom stereocenters. The van der Waals surface area contributed by atoms with Gasteiger partial charge in [-0.2, -0.15) is 0 Å². The van der Waals surface area contributed by atoms with Crippen LogP contribution in [0.2, 0.25) is 5.15 Å². The van der Waals surface area contributed by atoms with Crippen LogP contribution in [0.4, 0.5) is 0 Å². The van der Waals surface area contributed by atoms with Gasteiger partial charge in [0.15, 0.2) is 0 Å². The van der Waals surface area contributed by atoms with Crippen molar-refractivity contribution in [3.05, 3.63) is 22.7 Å². The highest BCUT2D eigenvalue weighted by Crippen LogP contribution is 2.31. The van der Waals surface area contributed by atoms with E-state index in [-0.39, 0.29) is 5.24 Å². The molecule has 0 aliphatic heterocycles. The Morgan fingerprint density at radius 2 is 2.35 bits per heavy atom. The quantitative estimate of drug-likeness (QED) is 0.671. The van der Waals surface area contributed by atoms with Crippen LogP contribution < -0.4 is 5.32 Å². The summed E-state index contributed by atoms with van der Waals surface area (Å²) in [5.74, 6) is 0. The molecule has 0 fully saturated rings. The fraction of sp³-hybridized carbons (Fsp3) is 0.462. The van der Waals surface area contributed by atoms with Crippen molar-refractivity contribution in [1.82, 2.24) is 20.3 Å². The minimum absolute atomic E-state index is 0.304.